The van der Waals surface area contributed by atoms with Gasteiger partial charge < -0.3 is 13.9 Å². The van der Waals surface area contributed by atoms with Crippen molar-refractivity contribution in [2.75, 3.05) is 4.90 Å². The standard InChI is InChI=1S/C52H38N2O/c1-52(2)45-16-8-10-18-47(45)54(51(52)38-22-20-35(21-23-38)34-12-4-3-5-13-34)40-30-26-37(27-31-40)36-24-28-39(29-25-36)53-46-17-9-6-14-41(46)43-32-44-42-15-7-11-19-49(42)55-50(44)33-48(43)53/h3-33,51H,1-2H3. The van der Waals surface area contributed by atoms with Crippen molar-refractivity contribution in [1.29, 1.82) is 0 Å². The van der Waals surface area contributed by atoms with Gasteiger partial charge >= 0.3 is 0 Å². The molecule has 1 unspecified atom stereocenters. The van der Waals surface area contributed by atoms with Crippen LogP contribution in [0.1, 0.15) is 31.0 Å². The van der Waals surface area contributed by atoms with E-state index in [1.807, 2.05) is 12.1 Å². The molecule has 3 heterocycles. The summed E-state index contributed by atoms with van der Waals surface area (Å²) in [6, 6.07) is 68.5. The van der Waals surface area contributed by atoms with Crippen molar-refractivity contribution in [2.24, 2.45) is 0 Å². The monoisotopic (exact) mass is 706 g/mol. The molecule has 0 saturated carbocycles. The van der Waals surface area contributed by atoms with Gasteiger partial charge in [-0.25, -0.2) is 0 Å². The fraction of sp³-hybridized carbons (Fsp3) is 0.0769. The predicted octanol–water partition coefficient (Wildman–Crippen LogP) is 14.2. The average molecular weight is 707 g/mol. The summed E-state index contributed by atoms with van der Waals surface area (Å²) in [7, 11) is 0. The molecule has 55 heavy (non-hydrogen) atoms. The van der Waals surface area contributed by atoms with Crippen LogP contribution in [0.15, 0.2) is 192 Å². The smallest absolute Gasteiger partial charge is 0.137 e. The first-order valence-corrected chi connectivity index (χ1v) is 19.1. The molecule has 0 aliphatic carbocycles. The van der Waals surface area contributed by atoms with Crippen molar-refractivity contribution in [2.45, 2.75) is 25.3 Å². The van der Waals surface area contributed by atoms with E-state index in [1.54, 1.807) is 0 Å². The number of para-hydroxylation sites is 3. The van der Waals surface area contributed by atoms with Crippen LogP contribution in [0, 0.1) is 0 Å². The van der Waals surface area contributed by atoms with Gasteiger partial charge in [-0.3, -0.25) is 0 Å². The molecule has 10 aromatic rings. The van der Waals surface area contributed by atoms with Crippen molar-refractivity contribution in [3.8, 4) is 27.9 Å². The highest BCUT2D eigenvalue weighted by molar-refractivity contribution is 6.17. The molecule has 0 saturated heterocycles. The van der Waals surface area contributed by atoms with Crippen LogP contribution in [-0.4, -0.2) is 4.57 Å². The zero-order valence-corrected chi connectivity index (χ0v) is 30.8. The molecule has 1 aliphatic rings. The molecule has 2 aromatic heterocycles. The number of nitrogens with zero attached hydrogens (tertiary/aromatic N) is 2. The maximum Gasteiger partial charge on any atom is 0.137 e. The molecular weight excluding hydrogens is 669 g/mol. The number of fused-ring (bicyclic) bond motifs is 7. The molecule has 1 atom stereocenters. The van der Waals surface area contributed by atoms with Gasteiger partial charge in [0.25, 0.3) is 0 Å². The van der Waals surface area contributed by atoms with Gasteiger partial charge in [-0.15, -0.1) is 0 Å². The lowest BCUT2D eigenvalue weighted by Crippen LogP contribution is -2.30. The Morgan fingerprint density at radius 3 is 1.76 bits per heavy atom. The maximum atomic E-state index is 6.34. The average Bonchev–Trinajstić information content (AvgIpc) is 3.85. The first-order chi connectivity index (χ1) is 27.0. The largest absolute Gasteiger partial charge is 0.456 e. The minimum absolute atomic E-state index is 0.0949. The van der Waals surface area contributed by atoms with E-state index in [2.05, 4.69) is 199 Å². The van der Waals surface area contributed by atoms with Crippen molar-refractivity contribution in [3.05, 3.63) is 199 Å². The summed E-state index contributed by atoms with van der Waals surface area (Å²) in [5.74, 6) is 0. The van der Waals surface area contributed by atoms with E-state index in [0.29, 0.717) is 0 Å². The molecule has 0 fully saturated rings. The van der Waals surface area contributed by atoms with Gasteiger partial charge in [-0.1, -0.05) is 147 Å². The van der Waals surface area contributed by atoms with Crippen molar-refractivity contribution in [1.82, 2.24) is 4.57 Å². The summed E-state index contributed by atoms with van der Waals surface area (Å²) >= 11 is 0. The van der Waals surface area contributed by atoms with Crippen LogP contribution in [0.2, 0.25) is 0 Å². The van der Waals surface area contributed by atoms with Crippen LogP contribution in [0.5, 0.6) is 0 Å². The van der Waals surface area contributed by atoms with Crippen LogP contribution >= 0.6 is 0 Å². The normalized spacial score (nSPS) is 15.0. The third kappa shape index (κ3) is 4.90. The second kappa shape index (κ2) is 12.1. The van der Waals surface area contributed by atoms with E-state index < -0.39 is 0 Å². The summed E-state index contributed by atoms with van der Waals surface area (Å²) < 4.78 is 8.70. The second-order valence-corrected chi connectivity index (χ2v) is 15.4. The van der Waals surface area contributed by atoms with Crippen LogP contribution < -0.4 is 4.90 Å². The van der Waals surface area contributed by atoms with Gasteiger partial charge in [-0.2, -0.15) is 0 Å². The predicted molar refractivity (Wildman–Crippen MR) is 230 cm³/mol. The van der Waals surface area contributed by atoms with Gasteiger partial charge in [0.1, 0.15) is 11.2 Å². The van der Waals surface area contributed by atoms with Crippen molar-refractivity contribution >= 4 is 55.1 Å². The number of furan rings is 1. The highest BCUT2D eigenvalue weighted by Crippen LogP contribution is 2.56. The molecule has 3 heteroatoms. The first kappa shape index (κ1) is 31.7. The Bertz CT molecular complexity index is 3040. The molecule has 11 rings (SSSR count). The summed E-state index contributed by atoms with van der Waals surface area (Å²) in [5.41, 5.74) is 15.2. The zero-order chi connectivity index (χ0) is 36.7. The van der Waals surface area contributed by atoms with Crippen LogP contribution in [0.25, 0.3) is 71.7 Å². The van der Waals surface area contributed by atoms with E-state index >= 15 is 0 Å². The fourth-order valence-corrected chi connectivity index (χ4v) is 9.26. The lowest BCUT2D eigenvalue weighted by molar-refractivity contribution is 0.449. The Kier molecular flexibility index (Phi) is 6.96. The molecular formula is C52H38N2O. The molecule has 8 aromatic carbocycles. The van der Waals surface area contributed by atoms with Gasteiger partial charge in [0.05, 0.1) is 17.1 Å². The van der Waals surface area contributed by atoms with Crippen LogP contribution in [-0.2, 0) is 5.41 Å². The molecule has 3 nitrogen and oxygen atoms in total. The molecule has 0 spiro atoms. The Hall–Kier alpha value is -6.84. The van der Waals surface area contributed by atoms with E-state index in [1.165, 1.54) is 61.0 Å². The molecule has 1 aliphatic heterocycles. The van der Waals surface area contributed by atoms with E-state index in [4.69, 9.17) is 4.42 Å². The number of benzene rings is 8. The number of aromatic nitrogens is 1. The van der Waals surface area contributed by atoms with Gasteiger partial charge in [0.2, 0.25) is 0 Å². The van der Waals surface area contributed by atoms with Crippen LogP contribution in [0.3, 0.4) is 0 Å². The third-order valence-corrected chi connectivity index (χ3v) is 11.9. The Labute approximate surface area is 320 Å². The highest BCUT2D eigenvalue weighted by atomic mass is 16.3. The Morgan fingerprint density at radius 2 is 1.02 bits per heavy atom. The minimum atomic E-state index is -0.0949. The van der Waals surface area contributed by atoms with E-state index in [-0.39, 0.29) is 11.5 Å². The third-order valence-electron chi connectivity index (χ3n) is 11.9. The SMILES string of the molecule is CC1(C)c2ccccc2N(c2ccc(-c3ccc(-n4c5ccccc5c5cc6c(cc54)oc4ccccc46)cc3)cc2)C1c1ccc(-c2ccccc2)cc1. The topological polar surface area (TPSA) is 21.3 Å². The lowest BCUT2D eigenvalue weighted by atomic mass is 9.77. The van der Waals surface area contributed by atoms with E-state index in [9.17, 15) is 0 Å². The molecule has 0 bridgehead atoms. The summed E-state index contributed by atoms with van der Waals surface area (Å²) in [4.78, 5) is 2.54. The molecule has 0 N–H and O–H groups in total. The maximum absolute atomic E-state index is 6.34. The van der Waals surface area contributed by atoms with Gasteiger partial charge in [0, 0.05) is 50.1 Å². The number of anilines is 2. The first-order valence-electron chi connectivity index (χ1n) is 19.1. The van der Waals surface area contributed by atoms with Gasteiger partial charge in [-0.05, 0) is 81.9 Å². The summed E-state index contributed by atoms with van der Waals surface area (Å²) in [5, 5.41) is 4.77. The van der Waals surface area contributed by atoms with Crippen molar-refractivity contribution in [3.63, 3.8) is 0 Å². The number of hydrogen-bond acceptors (Lipinski definition) is 2. The second-order valence-electron chi connectivity index (χ2n) is 15.4. The van der Waals surface area contributed by atoms with Crippen molar-refractivity contribution < 1.29 is 4.42 Å². The highest BCUT2D eigenvalue weighted by Gasteiger charge is 2.45. The van der Waals surface area contributed by atoms with Crippen LogP contribution in [0.4, 0.5) is 11.4 Å². The lowest BCUT2D eigenvalue weighted by Gasteiger charge is -2.35. The summed E-state index contributed by atoms with van der Waals surface area (Å²) in [6.45, 7) is 4.77. The minimum Gasteiger partial charge on any atom is -0.456 e. The van der Waals surface area contributed by atoms with Gasteiger partial charge in [0.15, 0.2) is 0 Å². The molecule has 262 valence electrons. The number of rotatable bonds is 5. The molecule has 0 radical (unpaired) electrons. The quantitative estimate of drug-likeness (QED) is 0.178. The Balaban J connectivity index is 0.949. The molecule has 0 amide bonds. The summed E-state index contributed by atoms with van der Waals surface area (Å²) in [6.07, 6.45) is 0. The van der Waals surface area contributed by atoms with E-state index in [0.717, 1.165) is 33.1 Å². The Morgan fingerprint density at radius 1 is 0.436 bits per heavy atom. The fourth-order valence-electron chi connectivity index (χ4n) is 9.26. The zero-order valence-electron chi connectivity index (χ0n) is 30.8. The number of hydrogen-bond donors (Lipinski definition) is 0.